The minimum absolute atomic E-state index is 0.0647. The normalized spacial score (nSPS) is 12.4. The summed E-state index contributed by atoms with van der Waals surface area (Å²) in [5.74, 6) is 1.81. The number of carbonyl (C=O) groups is 1. The Hall–Kier alpha value is -7.58. The first kappa shape index (κ1) is 60.1. The van der Waals surface area contributed by atoms with Crippen molar-refractivity contribution in [3.63, 3.8) is 0 Å². The Kier molecular flexibility index (Phi) is 22.6. The molecule has 21 heteroatoms. The van der Waals surface area contributed by atoms with Crippen molar-refractivity contribution >= 4 is 69.8 Å². The van der Waals surface area contributed by atoms with E-state index in [0.717, 1.165) is 52.8 Å². The maximum absolute atomic E-state index is 14.9. The van der Waals surface area contributed by atoms with Gasteiger partial charge in [-0.15, -0.1) is 9.43 Å². The highest BCUT2D eigenvalue weighted by molar-refractivity contribution is 7.99. The number of urea groups is 1. The number of nitrogens with one attached hydrogen (secondary N) is 2. The summed E-state index contributed by atoms with van der Waals surface area (Å²) in [6.07, 6.45) is 4.20. The van der Waals surface area contributed by atoms with Crippen LogP contribution in [0.4, 0.5) is 33.2 Å². The molecule has 19 nitrogen and oxygen atoms in total. The molecule has 0 aliphatic carbocycles. The number of hydrogen-bond donors (Lipinski definition) is 3. The van der Waals surface area contributed by atoms with Gasteiger partial charge in [0.25, 0.3) is 11.3 Å². The fourth-order valence-electron chi connectivity index (χ4n) is 8.53. The molecule has 3 N–H and O–H groups in total. The number of carbonyl (C=O) groups excluding carboxylic acids is 1. The van der Waals surface area contributed by atoms with Gasteiger partial charge < -0.3 is 33.9 Å². The molecule has 0 aliphatic rings. The van der Waals surface area contributed by atoms with E-state index in [9.17, 15) is 13.6 Å². The SMILES string of the molecule is CCCCOCCCNC(=O)N(c1ccc(N(C#CSOOC)CC)cc1C)c1c(Cc2ccccc2)[nH]n2nc(C(C)CN(c3cc(N=COC(CC)Oc4ccc(C)cc4C)ccc3Oc3ccc(OC)cc3)S(=O)O)nc12. The quantitative estimate of drug-likeness (QED) is 0.00382. The first-order valence-electron chi connectivity index (χ1n) is 26.5. The summed E-state index contributed by atoms with van der Waals surface area (Å²) >= 11 is -1.73. The van der Waals surface area contributed by atoms with Crippen LogP contribution in [0.3, 0.4) is 0 Å². The fraction of sp³-hybridized carbons (Fsp3) is 0.356. The van der Waals surface area contributed by atoms with Crippen LogP contribution in [0.25, 0.3) is 5.65 Å². The van der Waals surface area contributed by atoms with Crippen LogP contribution < -0.4 is 33.6 Å². The van der Waals surface area contributed by atoms with Gasteiger partial charge in [-0.25, -0.2) is 23.9 Å². The van der Waals surface area contributed by atoms with E-state index in [-0.39, 0.29) is 24.0 Å². The van der Waals surface area contributed by atoms with Crippen molar-refractivity contribution in [2.24, 2.45) is 4.99 Å². The van der Waals surface area contributed by atoms with Gasteiger partial charge in [-0.1, -0.05) is 75.2 Å². The summed E-state index contributed by atoms with van der Waals surface area (Å²) in [6, 6.07) is 36.4. The van der Waals surface area contributed by atoms with Gasteiger partial charge >= 0.3 is 6.03 Å². The number of ether oxygens (including phenoxy) is 5. The van der Waals surface area contributed by atoms with E-state index in [0.29, 0.717) is 97.0 Å². The lowest BCUT2D eigenvalue weighted by atomic mass is 10.1. The van der Waals surface area contributed by atoms with Crippen LogP contribution in [0.15, 0.2) is 114 Å². The zero-order valence-corrected chi connectivity index (χ0v) is 48.4. The Labute approximate surface area is 475 Å². The van der Waals surface area contributed by atoms with Crippen LogP contribution in [0.5, 0.6) is 23.0 Å². The van der Waals surface area contributed by atoms with Gasteiger partial charge in [-0.05, 0) is 124 Å². The second kappa shape index (κ2) is 30.1. The molecule has 0 bridgehead atoms. The molecule has 0 spiro atoms. The van der Waals surface area contributed by atoms with Crippen LogP contribution >= 0.6 is 12.0 Å². The number of fused-ring (bicyclic) bond motifs is 1. The molecule has 80 heavy (non-hydrogen) atoms. The molecule has 3 atom stereocenters. The number of hydrogen-bond acceptors (Lipinski definition) is 14. The van der Waals surface area contributed by atoms with Crippen molar-refractivity contribution in [3.8, 4) is 34.3 Å². The molecule has 2 amide bonds. The van der Waals surface area contributed by atoms with Gasteiger partial charge in [0.15, 0.2) is 23.6 Å². The number of anilines is 4. The predicted molar refractivity (Wildman–Crippen MR) is 316 cm³/mol. The molecule has 7 rings (SSSR count). The Morgan fingerprint density at radius 1 is 0.912 bits per heavy atom. The van der Waals surface area contributed by atoms with Crippen LogP contribution in [0.1, 0.15) is 93.1 Å². The van der Waals surface area contributed by atoms with E-state index < -0.39 is 23.5 Å². The average molecular weight is 1130 g/mol. The van der Waals surface area contributed by atoms with Gasteiger partial charge in [0.2, 0.25) is 6.29 Å². The number of aryl methyl sites for hydroxylation is 3. The van der Waals surface area contributed by atoms with Crippen LogP contribution in [-0.4, -0.2) is 94.4 Å². The van der Waals surface area contributed by atoms with Crippen molar-refractivity contribution in [1.29, 1.82) is 0 Å². The third kappa shape index (κ3) is 16.3. The maximum Gasteiger partial charge on any atom is 0.326 e. The number of nitrogens with zero attached hydrogens (tertiary/aromatic N) is 7. The first-order valence-corrected chi connectivity index (χ1v) is 28.3. The largest absolute Gasteiger partial charge is 0.497 e. The number of aromatic nitrogens is 4. The number of unbranched alkanes of at least 4 members (excludes halogenated alkanes) is 1. The first-order chi connectivity index (χ1) is 38.8. The standard InChI is InChI=1S/C59H71N9O10S2/c1-10-13-32-74-33-17-30-60-59(69)67(51-27-22-47(36-42(51)5)65(12-3)31-34-79-78-73-9)56-50(37-45-18-15-14-16-19-45)63-68-58(56)62-57(64-68)44(7)39-66(80(70)71)52-38-46(21-29-54(52)76-49-25-23-48(72-8)24-26-49)61-40-75-55(11-2)77-53-28-20-41(4)35-43(53)6/h14-16,18-29,35-36,38,40,44,55,63H,10-13,17,30,32-33,37,39H2,1-9H3,(H,60,69)(H,70,71). The highest BCUT2D eigenvalue weighted by Gasteiger charge is 2.31. The molecule has 5 aromatic carbocycles. The zero-order valence-electron chi connectivity index (χ0n) is 46.8. The molecule has 2 aromatic heterocycles. The number of aromatic amines is 1. The Morgan fingerprint density at radius 3 is 2.38 bits per heavy atom. The van der Waals surface area contributed by atoms with Gasteiger partial charge in [0.05, 0.1) is 37.0 Å². The second-order valence-corrected chi connectivity index (χ2v) is 20.1. The lowest BCUT2D eigenvalue weighted by Gasteiger charge is -2.26. The second-order valence-electron chi connectivity index (χ2n) is 18.7. The Bertz CT molecular complexity index is 3240. The summed E-state index contributed by atoms with van der Waals surface area (Å²) < 4.78 is 62.3. The number of amides is 2. The van der Waals surface area contributed by atoms with E-state index >= 15 is 0 Å². The van der Waals surface area contributed by atoms with Crippen molar-refractivity contribution in [2.75, 3.05) is 61.2 Å². The fourth-order valence-corrected chi connectivity index (χ4v) is 9.45. The maximum atomic E-state index is 14.9. The summed E-state index contributed by atoms with van der Waals surface area (Å²) in [5.41, 5.74) is 7.45. The highest BCUT2D eigenvalue weighted by atomic mass is 32.2. The molecule has 2 heterocycles. The smallest absolute Gasteiger partial charge is 0.326 e. The lowest BCUT2D eigenvalue weighted by molar-refractivity contribution is -0.158. The van der Waals surface area contributed by atoms with Crippen molar-refractivity contribution < 1.29 is 46.5 Å². The number of methoxy groups -OCH3 is 1. The van der Waals surface area contributed by atoms with Gasteiger partial charge in [0.1, 0.15) is 35.0 Å². The number of H-pyrrole nitrogens is 1. The molecule has 0 fully saturated rings. The molecule has 0 radical (unpaired) electrons. The molecule has 3 unspecified atom stereocenters. The molecule has 0 saturated heterocycles. The third-order valence-electron chi connectivity index (χ3n) is 12.7. The Balaban J connectivity index is 1.26. The summed E-state index contributed by atoms with van der Waals surface area (Å²) in [7, 11) is 2.99. The monoisotopic (exact) mass is 1130 g/mol. The van der Waals surface area contributed by atoms with Crippen molar-refractivity contribution in [1.82, 2.24) is 25.1 Å². The van der Waals surface area contributed by atoms with Crippen LogP contribution in [0, 0.1) is 32.1 Å². The van der Waals surface area contributed by atoms with E-state index in [4.69, 9.17) is 38.1 Å². The van der Waals surface area contributed by atoms with Gasteiger partial charge in [-0.3, -0.25) is 18.9 Å². The molecule has 7 aromatic rings. The average Bonchev–Trinajstić information content (AvgIpc) is 4.18. The minimum Gasteiger partial charge on any atom is -0.497 e. The van der Waals surface area contributed by atoms with E-state index in [1.807, 2.05) is 113 Å². The number of rotatable bonds is 29. The van der Waals surface area contributed by atoms with E-state index in [1.54, 1.807) is 59.1 Å². The number of aliphatic imine (C=N–C) groups is 1. The zero-order chi connectivity index (χ0) is 57.0. The van der Waals surface area contributed by atoms with Gasteiger partial charge in [0, 0.05) is 68.6 Å². The molecular formula is C59H71N9O10S2. The van der Waals surface area contributed by atoms with E-state index in [1.165, 1.54) is 17.8 Å². The Morgan fingerprint density at radius 2 is 1.68 bits per heavy atom. The van der Waals surface area contributed by atoms with Crippen LogP contribution in [-0.2, 0) is 36.4 Å². The third-order valence-corrected chi connectivity index (χ3v) is 13.8. The molecular weight excluding hydrogens is 1060 g/mol. The topological polar surface area (TPSA) is 199 Å². The van der Waals surface area contributed by atoms with Crippen molar-refractivity contribution in [3.05, 3.63) is 143 Å². The minimum atomic E-state index is -2.60. The van der Waals surface area contributed by atoms with Crippen LogP contribution in [0.2, 0.25) is 0 Å². The van der Waals surface area contributed by atoms with Gasteiger partial charge in [-0.2, -0.15) is 4.63 Å². The molecule has 0 saturated carbocycles. The lowest BCUT2D eigenvalue weighted by Crippen LogP contribution is -2.38. The van der Waals surface area contributed by atoms with E-state index in [2.05, 4.69) is 38.5 Å². The highest BCUT2D eigenvalue weighted by Crippen LogP contribution is 2.40. The summed E-state index contributed by atoms with van der Waals surface area (Å²) in [6.45, 7) is 15.9. The summed E-state index contributed by atoms with van der Waals surface area (Å²) in [4.78, 5) is 32.9. The predicted octanol–water partition coefficient (Wildman–Crippen LogP) is 12.6. The number of benzene rings is 5. The summed E-state index contributed by atoms with van der Waals surface area (Å²) in [5, 5.41) is 14.4. The van der Waals surface area contributed by atoms with Crippen molar-refractivity contribution in [2.45, 2.75) is 92.8 Å². The molecule has 424 valence electrons. The molecule has 0 aliphatic heterocycles.